The third-order valence-corrected chi connectivity index (χ3v) is 4.03. The molecule has 0 fully saturated rings. The van der Waals surface area contributed by atoms with Crippen molar-refractivity contribution < 1.29 is 9.47 Å². The first-order chi connectivity index (χ1) is 13.2. The maximum absolute atomic E-state index is 5.97. The highest BCUT2D eigenvalue weighted by Gasteiger charge is 2.08. The molecular weight excluding hydrogens is 467 g/mol. The zero-order valence-electron chi connectivity index (χ0n) is 17.1. The van der Waals surface area contributed by atoms with E-state index in [1.807, 2.05) is 36.4 Å². The molecule has 0 aliphatic carbocycles. The van der Waals surface area contributed by atoms with Crippen molar-refractivity contribution in [1.29, 1.82) is 0 Å². The monoisotopic (exact) mass is 498 g/mol. The maximum atomic E-state index is 5.97. The fourth-order valence-corrected chi connectivity index (χ4v) is 2.30. The lowest BCUT2D eigenvalue weighted by molar-refractivity contribution is 0.317. The molecule has 154 valence electrons. The average Bonchev–Trinajstić information content (AvgIpc) is 2.71. The molecule has 0 saturated heterocycles. The topological polar surface area (TPSA) is 67.8 Å². The summed E-state index contributed by atoms with van der Waals surface area (Å²) >= 11 is 0. The lowest BCUT2D eigenvalue weighted by atomic mass is 10.2. The molecule has 2 aromatic rings. The second-order valence-corrected chi connectivity index (χ2v) is 6.27. The Morgan fingerprint density at radius 3 is 2.50 bits per heavy atom. The molecule has 0 bridgehead atoms. The number of halogens is 1. The van der Waals surface area contributed by atoms with Crippen molar-refractivity contribution in [3.05, 3.63) is 48.2 Å². The van der Waals surface area contributed by atoms with Crippen LogP contribution in [0.3, 0.4) is 0 Å². The van der Waals surface area contributed by atoms with Crippen LogP contribution in [0, 0.1) is 0 Å². The smallest absolute Gasteiger partial charge is 0.224 e. The van der Waals surface area contributed by atoms with E-state index in [-0.39, 0.29) is 24.0 Å². The van der Waals surface area contributed by atoms with E-state index in [1.54, 1.807) is 13.2 Å². The van der Waals surface area contributed by atoms with E-state index in [1.165, 1.54) is 0 Å². The Bertz CT molecular complexity index is 723. The predicted molar refractivity (Wildman–Crippen MR) is 125 cm³/mol. The van der Waals surface area contributed by atoms with Crippen LogP contribution in [-0.4, -0.2) is 30.6 Å². The number of benzene rings is 1. The zero-order chi connectivity index (χ0) is 19.5. The van der Waals surface area contributed by atoms with E-state index in [2.05, 4.69) is 41.4 Å². The summed E-state index contributed by atoms with van der Waals surface area (Å²) in [7, 11) is 1.76. The molecule has 1 unspecified atom stereocenters. The number of pyridine rings is 1. The molecule has 1 aromatic heterocycles. The van der Waals surface area contributed by atoms with Crippen molar-refractivity contribution in [2.75, 3.05) is 13.7 Å². The normalized spacial score (nSPS) is 11.9. The minimum atomic E-state index is 0. The van der Waals surface area contributed by atoms with Crippen LogP contribution < -0.4 is 20.1 Å². The standard InChI is InChI=1S/C21H30N4O2.HI/c1-5-14-26-18-9-11-19(12-10-18)27-20-17(8-7-13-23-20)15-24-21(22-4)25-16(3)6-2;/h7-13,16H,5-6,14-15H2,1-4H3,(H2,22,24,25);1H. The van der Waals surface area contributed by atoms with Crippen molar-refractivity contribution in [2.45, 2.75) is 46.2 Å². The highest BCUT2D eigenvalue weighted by atomic mass is 127. The van der Waals surface area contributed by atoms with Crippen LogP contribution in [0.25, 0.3) is 0 Å². The van der Waals surface area contributed by atoms with E-state index < -0.39 is 0 Å². The molecule has 0 spiro atoms. The largest absolute Gasteiger partial charge is 0.494 e. The van der Waals surface area contributed by atoms with Gasteiger partial charge in [0.15, 0.2) is 5.96 Å². The molecule has 1 heterocycles. The number of nitrogens with zero attached hydrogens (tertiary/aromatic N) is 2. The first kappa shape index (κ1) is 24.0. The number of hydrogen-bond acceptors (Lipinski definition) is 4. The molecule has 1 aromatic carbocycles. The Hall–Kier alpha value is -2.03. The summed E-state index contributed by atoms with van der Waals surface area (Å²) in [5, 5.41) is 6.65. The first-order valence-electron chi connectivity index (χ1n) is 9.48. The number of ether oxygens (including phenoxy) is 2. The number of rotatable bonds is 9. The molecule has 0 aliphatic rings. The second-order valence-electron chi connectivity index (χ2n) is 6.27. The SMILES string of the molecule is CCCOc1ccc(Oc2ncccc2CNC(=NC)NC(C)CC)cc1.I. The van der Waals surface area contributed by atoms with Gasteiger partial charge in [0.2, 0.25) is 5.88 Å². The Labute approximate surface area is 185 Å². The Morgan fingerprint density at radius 1 is 1.14 bits per heavy atom. The fraction of sp³-hybridized carbons (Fsp3) is 0.429. The molecule has 1 atom stereocenters. The van der Waals surface area contributed by atoms with Gasteiger partial charge in [0.25, 0.3) is 0 Å². The Kier molecular flexibility index (Phi) is 11.3. The minimum Gasteiger partial charge on any atom is -0.494 e. The van der Waals surface area contributed by atoms with Crippen LogP contribution in [0.15, 0.2) is 47.6 Å². The van der Waals surface area contributed by atoms with Crippen molar-refractivity contribution in [3.8, 4) is 17.4 Å². The molecule has 7 heteroatoms. The number of aromatic nitrogens is 1. The van der Waals surface area contributed by atoms with Gasteiger partial charge >= 0.3 is 0 Å². The van der Waals surface area contributed by atoms with Gasteiger partial charge in [0.05, 0.1) is 6.61 Å². The van der Waals surface area contributed by atoms with Gasteiger partial charge in [-0.15, -0.1) is 24.0 Å². The molecule has 2 N–H and O–H groups in total. The third-order valence-electron chi connectivity index (χ3n) is 4.03. The van der Waals surface area contributed by atoms with Gasteiger partial charge in [0, 0.05) is 31.4 Å². The van der Waals surface area contributed by atoms with Crippen LogP contribution >= 0.6 is 24.0 Å². The molecular formula is C21H31IN4O2. The minimum absolute atomic E-state index is 0. The van der Waals surface area contributed by atoms with Gasteiger partial charge in [-0.1, -0.05) is 19.9 Å². The summed E-state index contributed by atoms with van der Waals surface area (Å²) in [6.07, 6.45) is 3.74. The van der Waals surface area contributed by atoms with Gasteiger partial charge in [-0.25, -0.2) is 4.98 Å². The molecule has 0 radical (unpaired) electrons. The third kappa shape index (κ3) is 7.92. The summed E-state index contributed by atoms with van der Waals surface area (Å²) in [5.41, 5.74) is 0.955. The van der Waals surface area contributed by atoms with Crippen LogP contribution in [0.2, 0.25) is 0 Å². The second kappa shape index (κ2) is 13.2. The summed E-state index contributed by atoms with van der Waals surface area (Å²) in [6.45, 7) is 7.62. The molecule has 28 heavy (non-hydrogen) atoms. The summed E-state index contributed by atoms with van der Waals surface area (Å²) in [5.74, 6) is 2.90. The quantitative estimate of drug-likeness (QED) is 0.297. The summed E-state index contributed by atoms with van der Waals surface area (Å²) in [4.78, 5) is 8.63. The van der Waals surface area contributed by atoms with Crippen molar-refractivity contribution in [1.82, 2.24) is 15.6 Å². The molecule has 2 rings (SSSR count). The predicted octanol–water partition coefficient (Wildman–Crippen LogP) is 4.74. The van der Waals surface area contributed by atoms with E-state index in [4.69, 9.17) is 9.47 Å². The van der Waals surface area contributed by atoms with Crippen LogP contribution in [0.5, 0.6) is 17.4 Å². The number of nitrogens with one attached hydrogen (secondary N) is 2. The van der Waals surface area contributed by atoms with Crippen molar-refractivity contribution in [2.24, 2.45) is 4.99 Å². The van der Waals surface area contributed by atoms with E-state index in [9.17, 15) is 0 Å². The van der Waals surface area contributed by atoms with Crippen LogP contribution in [0.1, 0.15) is 39.2 Å². The van der Waals surface area contributed by atoms with Gasteiger partial charge in [-0.3, -0.25) is 4.99 Å². The van der Waals surface area contributed by atoms with Crippen LogP contribution in [0.4, 0.5) is 0 Å². The van der Waals surface area contributed by atoms with Gasteiger partial charge in [0.1, 0.15) is 11.5 Å². The number of aliphatic imine (C=N–C) groups is 1. The summed E-state index contributed by atoms with van der Waals surface area (Å²) in [6, 6.07) is 11.8. The Balaban J connectivity index is 0.00000392. The van der Waals surface area contributed by atoms with Gasteiger partial charge in [-0.2, -0.15) is 0 Å². The van der Waals surface area contributed by atoms with E-state index in [0.717, 1.165) is 35.9 Å². The van der Waals surface area contributed by atoms with Crippen molar-refractivity contribution >= 4 is 29.9 Å². The lowest BCUT2D eigenvalue weighted by Gasteiger charge is -2.17. The molecule has 0 saturated carbocycles. The highest BCUT2D eigenvalue weighted by Crippen LogP contribution is 2.25. The summed E-state index contributed by atoms with van der Waals surface area (Å²) < 4.78 is 11.6. The average molecular weight is 498 g/mol. The highest BCUT2D eigenvalue weighted by molar-refractivity contribution is 14.0. The number of guanidine groups is 1. The first-order valence-corrected chi connectivity index (χ1v) is 9.48. The van der Waals surface area contributed by atoms with Gasteiger partial charge in [-0.05, 0) is 50.1 Å². The lowest BCUT2D eigenvalue weighted by Crippen LogP contribution is -2.41. The van der Waals surface area contributed by atoms with E-state index in [0.29, 0.717) is 25.1 Å². The van der Waals surface area contributed by atoms with Gasteiger partial charge < -0.3 is 20.1 Å². The zero-order valence-corrected chi connectivity index (χ0v) is 19.4. The molecule has 0 amide bonds. The van der Waals surface area contributed by atoms with E-state index >= 15 is 0 Å². The Morgan fingerprint density at radius 2 is 1.86 bits per heavy atom. The maximum Gasteiger partial charge on any atom is 0.224 e. The molecule has 6 nitrogen and oxygen atoms in total. The fourth-order valence-electron chi connectivity index (χ4n) is 2.30. The molecule has 0 aliphatic heterocycles. The van der Waals surface area contributed by atoms with Crippen molar-refractivity contribution in [3.63, 3.8) is 0 Å². The van der Waals surface area contributed by atoms with Crippen LogP contribution in [-0.2, 0) is 6.54 Å². The number of hydrogen-bond donors (Lipinski definition) is 2.